The summed E-state index contributed by atoms with van der Waals surface area (Å²) in [6.07, 6.45) is 0. The molecule has 1 heterocycles. The minimum Gasteiger partial charge on any atom is -0.478 e. The fourth-order valence-corrected chi connectivity index (χ4v) is 1.60. The number of methoxy groups -OCH3 is 1. The van der Waals surface area contributed by atoms with Crippen molar-refractivity contribution in [2.45, 2.75) is 6.54 Å². The lowest BCUT2D eigenvalue weighted by atomic mass is 10.1. The maximum atomic E-state index is 11.3. The smallest absolute Gasteiger partial charge is 0.362 e. The Labute approximate surface area is 113 Å². The topological polar surface area (TPSA) is 120 Å². The summed E-state index contributed by atoms with van der Waals surface area (Å²) in [4.78, 5) is 22.1. The number of esters is 1. The maximum absolute atomic E-state index is 11.3. The molecule has 1 aromatic carbocycles. The van der Waals surface area contributed by atoms with Gasteiger partial charge in [0.1, 0.15) is 0 Å². The number of ether oxygens (including phenoxy) is 1. The molecule has 0 unspecified atom stereocenters. The molecule has 0 aliphatic rings. The summed E-state index contributed by atoms with van der Waals surface area (Å²) in [5.41, 5.74) is 6.67. The van der Waals surface area contributed by atoms with Crippen molar-refractivity contribution in [2.24, 2.45) is 0 Å². The van der Waals surface area contributed by atoms with Gasteiger partial charge in [-0.15, -0.1) is 5.10 Å². The van der Waals surface area contributed by atoms with Crippen LogP contribution in [0.4, 0.5) is 5.82 Å². The van der Waals surface area contributed by atoms with E-state index in [2.05, 4.69) is 15.0 Å². The second kappa shape index (κ2) is 5.39. The molecule has 104 valence electrons. The monoisotopic (exact) mass is 276 g/mol. The first-order chi connectivity index (χ1) is 9.52. The third-order valence-electron chi connectivity index (χ3n) is 2.69. The van der Waals surface area contributed by atoms with Crippen molar-refractivity contribution in [1.29, 1.82) is 0 Å². The van der Waals surface area contributed by atoms with E-state index in [1.54, 1.807) is 12.1 Å². The number of hydrogen-bond acceptors (Lipinski definition) is 6. The van der Waals surface area contributed by atoms with Crippen LogP contribution in [0.15, 0.2) is 24.3 Å². The van der Waals surface area contributed by atoms with Gasteiger partial charge in [-0.05, 0) is 17.7 Å². The SMILES string of the molecule is COC(=O)c1nnn(Cc2ccc(C(=O)O)cc2)c1N. The average Bonchev–Trinajstić information content (AvgIpc) is 2.80. The molecule has 0 amide bonds. The highest BCUT2D eigenvalue weighted by Gasteiger charge is 2.17. The molecule has 1 aromatic heterocycles. The van der Waals surface area contributed by atoms with Crippen molar-refractivity contribution in [3.63, 3.8) is 0 Å². The zero-order valence-electron chi connectivity index (χ0n) is 10.6. The van der Waals surface area contributed by atoms with Gasteiger partial charge in [0, 0.05) is 0 Å². The van der Waals surface area contributed by atoms with Crippen LogP contribution in [-0.4, -0.2) is 39.1 Å². The molecule has 8 heteroatoms. The van der Waals surface area contributed by atoms with E-state index in [-0.39, 0.29) is 23.6 Å². The number of aromatic nitrogens is 3. The molecule has 0 aliphatic carbocycles. The largest absolute Gasteiger partial charge is 0.478 e. The first-order valence-corrected chi connectivity index (χ1v) is 5.62. The van der Waals surface area contributed by atoms with E-state index >= 15 is 0 Å². The van der Waals surface area contributed by atoms with Crippen LogP contribution < -0.4 is 5.73 Å². The summed E-state index contributed by atoms with van der Waals surface area (Å²) in [6, 6.07) is 6.24. The van der Waals surface area contributed by atoms with Crippen LogP contribution in [0.2, 0.25) is 0 Å². The molecule has 0 spiro atoms. The van der Waals surface area contributed by atoms with Gasteiger partial charge in [0.15, 0.2) is 5.82 Å². The lowest BCUT2D eigenvalue weighted by molar-refractivity contribution is 0.0594. The zero-order valence-corrected chi connectivity index (χ0v) is 10.6. The quantitative estimate of drug-likeness (QED) is 0.775. The van der Waals surface area contributed by atoms with Gasteiger partial charge in [-0.2, -0.15) is 0 Å². The zero-order chi connectivity index (χ0) is 14.7. The predicted octanol–water partition coefficient (Wildman–Crippen LogP) is 0.393. The van der Waals surface area contributed by atoms with Crippen LogP contribution >= 0.6 is 0 Å². The normalized spacial score (nSPS) is 10.2. The fourth-order valence-electron chi connectivity index (χ4n) is 1.60. The number of carboxylic acids is 1. The van der Waals surface area contributed by atoms with Crippen LogP contribution in [-0.2, 0) is 11.3 Å². The molecule has 2 aromatic rings. The molecule has 8 nitrogen and oxygen atoms in total. The standard InChI is InChI=1S/C12H12N4O4/c1-20-12(19)9-10(13)16(15-14-9)6-7-2-4-8(5-3-7)11(17)18/h2-5H,6,13H2,1H3,(H,17,18). The van der Waals surface area contributed by atoms with Crippen LogP contribution in [0.1, 0.15) is 26.4 Å². The van der Waals surface area contributed by atoms with Crippen LogP contribution in [0, 0.1) is 0 Å². The highest BCUT2D eigenvalue weighted by Crippen LogP contribution is 2.12. The van der Waals surface area contributed by atoms with Crippen molar-refractivity contribution in [3.8, 4) is 0 Å². The summed E-state index contributed by atoms with van der Waals surface area (Å²) in [5, 5.41) is 16.2. The fraction of sp³-hybridized carbons (Fsp3) is 0.167. The van der Waals surface area contributed by atoms with Crippen molar-refractivity contribution >= 4 is 17.8 Å². The van der Waals surface area contributed by atoms with Crippen LogP contribution in [0.3, 0.4) is 0 Å². The molecule has 3 N–H and O–H groups in total. The number of hydrogen-bond donors (Lipinski definition) is 2. The van der Waals surface area contributed by atoms with Crippen molar-refractivity contribution < 1.29 is 19.4 Å². The first-order valence-electron chi connectivity index (χ1n) is 5.62. The molecule has 0 saturated carbocycles. The van der Waals surface area contributed by atoms with E-state index in [4.69, 9.17) is 10.8 Å². The number of nitrogens with zero attached hydrogens (tertiary/aromatic N) is 3. The van der Waals surface area contributed by atoms with Gasteiger partial charge >= 0.3 is 11.9 Å². The third-order valence-corrected chi connectivity index (χ3v) is 2.69. The van der Waals surface area contributed by atoms with E-state index in [1.165, 1.54) is 23.9 Å². The Morgan fingerprint density at radius 3 is 2.55 bits per heavy atom. The molecule has 0 saturated heterocycles. The minimum atomic E-state index is -0.996. The summed E-state index contributed by atoms with van der Waals surface area (Å²) < 4.78 is 5.86. The molecule has 0 aliphatic heterocycles. The molecular weight excluding hydrogens is 264 g/mol. The van der Waals surface area contributed by atoms with Crippen molar-refractivity contribution in [2.75, 3.05) is 12.8 Å². The summed E-state index contributed by atoms with van der Waals surface area (Å²) in [6.45, 7) is 0.274. The van der Waals surface area contributed by atoms with Gasteiger partial charge < -0.3 is 15.6 Å². The molecule has 20 heavy (non-hydrogen) atoms. The highest BCUT2D eigenvalue weighted by atomic mass is 16.5. The maximum Gasteiger partial charge on any atom is 0.362 e. The third kappa shape index (κ3) is 2.58. The average molecular weight is 276 g/mol. The number of nitrogen functional groups attached to an aromatic ring is 1. The number of rotatable bonds is 4. The number of carbonyl (C=O) groups excluding carboxylic acids is 1. The van der Waals surface area contributed by atoms with E-state index in [0.29, 0.717) is 0 Å². The van der Waals surface area contributed by atoms with Gasteiger partial charge in [0.25, 0.3) is 0 Å². The van der Waals surface area contributed by atoms with Gasteiger partial charge in [-0.1, -0.05) is 17.3 Å². The Morgan fingerprint density at radius 2 is 2.00 bits per heavy atom. The summed E-state index contributed by atoms with van der Waals surface area (Å²) >= 11 is 0. The molecule has 0 radical (unpaired) electrons. The lowest BCUT2D eigenvalue weighted by Crippen LogP contribution is -2.09. The van der Waals surface area contributed by atoms with E-state index in [9.17, 15) is 9.59 Å². The Hall–Kier alpha value is -2.90. The Balaban J connectivity index is 2.20. The van der Waals surface area contributed by atoms with Crippen molar-refractivity contribution in [3.05, 3.63) is 41.1 Å². The van der Waals surface area contributed by atoms with Gasteiger partial charge in [-0.25, -0.2) is 14.3 Å². The summed E-state index contributed by atoms with van der Waals surface area (Å²) in [5.74, 6) is -1.56. The highest BCUT2D eigenvalue weighted by molar-refractivity contribution is 5.91. The molecule has 0 atom stereocenters. The summed E-state index contributed by atoms with van der Waals surface area (Å²) in [7, 11) is 1.23. The molecule has 2 rings (SSSR count). The molecule has 0 fully saturated rings. The number of benzene rings is 1. The number of carbonyl (C=O) groups is 2. The van der Waals surface area contributed by atoms with E-state index in [1.807, 2.05) is 0 Å². The Kier molecular flexibility index (Phi) is 3.65. The van der Waals surface area contributed by atoms with Gasteiger partial charge in [0.2, 0.25) is 5.69 Å². The number of aromatic carboxylic acids is 1. The van der Waals surface area contributed by atoms with Crippen LogP contribution in [0.25, 0.3) is 0 Å². The Bertz CT molecular complexity index is 648. The first kappa shape index (κ1) is 13.5. The molecular formula is C12H12N4O4. The van der Waals surface area contributed by atoms with E-state index < -0.39 is 11.9 Å². The van der Waals surface area contributed by atoms with E-state index in [0.717, 1.165) is 5.56 Å². The van der Waals surface area contributed by atoms with Crippen molar-refractivity contribution in [1.82, 2.24) is 15.0 Å². The van der Waals surface area contributed by atoms with Crippen LogP contribution in [0.5, 0.6) is 0 Å². The number of carboxylic acid groups (broad SMARTS) is 1. The Morgan fingerprint density at radius 1 is 1.35 bits per heavy atom. The number of anilines is 1. The second-order valence-electron chi connectivity index (χ2n) is 3.97. The minimum absolute atomic E-state index is 0.0466. The predicted molar refractivity (Wildman–Crippen MR) is 68.3 cm³/mol. The van der Waals surface area contributed by atoms with Gasteiger partial charge in [0.05, 0.1) is 19.2 Å². The number of nitrogens with two attached hydrogens (primary N) is 1. The lowest BCUT2D eigenvalue weighted by Gasteiger charge is -2.04. The molecule has 0 bridgehead atoms. The van der Waals surface area contributed by atoms with Gasteiger partial charge in [-0.3, -0.25) is 0 Å². The second-order valence-corrected chi connectivity index (χ2v) is 3.97.